The average Bonchev–Trinajstić information content (AvgIpc) is 2.69. The normalized spacial score (nSPS) is 66.3. The monoisotopic (exact) mass is 294 g/mol. The Morgan fingerprint density at radius 2 is 1.95 bits per heavy atom. The lowest BCUT2D eigenvalue weighted by atomic mass is 9.62. The van der Waals surface area contributed by atoms with Crippen LogP contribution in [0.5, 0.6) is 0 Å². The van der Waals surface area contributed by atoms with Crippen molar-refractivity contribution in [1.82, 2.24) is 0 Å². The van der Waals surface area contributed by atoms with Crippen molar-refractivity contribution in [3.05, 3.63) is 0 Å². The van der Waals surface area contributed by atoms with Gasteiger partial charge in [0.2, 0.25) is 0 Å². The molecule has 21 heavy (non-hydrogen) atoms. The number of carbonyl (C=O) groups excluding carboxylic acids is 2. The number of ether oxygens (including phenoxy) is 3. The van der Waals surface area contributed by atoms with Gasteiger partial charge >= 0.3 is 11.9 Å². The third-order valence-corrected chi connectivity index (χ3v) is 7.70. The predicted octanol–water partition coefficient (Wildman–Crippen LogP) is 0.164. The van der Waals surface area contributed by atoms with E-state index in [0.717, 1.165) is 0 Å². The summed E-state index contributed by atoms with van der Waals surface area (Å²) in [5.41, 5.74) is -4.08. The molecule has 0 aromatic carbocycles. The maximum atomic E-state index is 12.4. The van der Waals surface area contributed by atoms with Crippen molar-refractivity contribution in [3.8, 4) is 0 Å². The molecule has 3 heterocycles. The molecule has 5 aliphatic rings. The second-order valence-electron chi connectivity index (χ2n) is 7.88. The summed E-state index contributed by atoms with van der Waals surface area (Å²) in [6.07, 6.45) is -0.374. The topological polar surface area (TPSA) is 85.4 Å². The van der Waals surface area contributed by atoms with Gasteiger partial charge in [0.05, 0.1) is 29.5 Å². The van der Waals surface area contributed by atoms with Crippen LogP contribution in [-0.4, -0.2) is 47.1 Å². The van der Waals surface area contributed by atoms with Crippen LogP contribution in [0.4, 0.5) is 0 Å². The van der Waals surface area contributed by atoms with E-state index in [4.69, 9.17) is 14.2 Å². The minimum atomic E-state index is -1.06. The Hall–Kier alpha value is -1.14. The van der Waals surface area contributed by atoms with Gasteiger partial charge in [-0.15, -0.1) is 0 Å². The second kappa shape index (κ2) is 2.74. The lowest BCUT2D eigenvalue weighted by Gasteiger charge is -2.44. The van der Waals surface area contributed by atoms with Crippen molar-refractivity contribution in [1.29, 1.82) is 0 Å². The molecule has 3 aliphatic heterocycles. The Balaban J connectivity index is 1.85. The van der Waals surface area contributed by atoms with Gasteiger partial charge in [0.1, 0.15) is 23.2 Å². The van der Waals surface area contributed by atoms with Crippen LogP contribution in [-0.2, 0) is 23.8 Å². The fourth-order valence-electron chi connectivity index (χ4n) is 6.24. The Labute approximate surface area is 121 Å². The number of rotatable bonds is 0. The zero-order valence-electron chi connectivity index (χ0n) is 12.3. The van der Waals surface area contributed by atoms with Gasteiger partial charge in [-0.05, 0) is 13.8 Å². The summed E-state index contributed by atoms with van der Waals surface area (Å²) in [6, 6.07) is 0. The van der Waals surface area contributed by atoms with Gasteiger partial charge in [0.25, 0.3) is 0 Å². The predicted molar refractivity (Wildman–Crippen MR) is 66.9 cm³/mol. The third kappa shape index (κ3) is 0.781. The van der Waals surface area contributed by atoms with E-state index in [1.165, 1.54) is 0 Å². The molecule has 0 bridgehead atoms. The summed E-state index contributed by atoms with van der Waals surface area (Å²) in [4.78, 5) is 24.5. The van der Waals surface area contributed by atoms with E-state index in [9.17, 15) is 14.7 Å². The van der Waals surface area contributed by atoms with Gasteiger partial charge in [0.15, 0.2) is 0 Å². The first-order valence-electron chi connectivity index (χ1n) is 7.45. The van der Waals surface area contributed by atoms with Crippen LogP contribution in [0.25, 0.3) is 0 Å². The largest absolute Gasteiger partial charge is 0.464 e. The number of hydrogen-bond acceptors (Lipinski definition) is 6. The third-order valence-electron chi connectivity index (χ3n) is 7.70. The molecule has 0 radical (unpaired) electrons. The maximum absolute atomic E-state index is 12.4. The Kier molecular flexibility index (Phi) is 1.62. The average molecular weight is 294 g/mol. The van der Waals surface area contributed by atoms with Crippen molar-refractivity contribution in [2.45, 2.75) is 57.0 Å². The lowest BCUT2D eigenvalue weighted by molar-refractivity contribution is -0.175. The SMILES string of the molecule is C[C@]12O[C@H]1CC13OC(=O)C[C@]12[C@@H](O)[C@@]1(C)C(=O)OC[C@@]31C. The van der Waals surface area contributed by atoms with E-state index in [0.29, 0.717) is 6.42 Å². The van der Waals surface area contributed by atoms with Crippen LogP contribution >= 0.6 is 0 Å². The number of esters is 2. The summed E-state index contributed by atoms with van der Waals surface area (Å²) in [6.45, 7) is 5.77. The second-order valence-corrected chi connectivity index (χ2v) is 7.88. The van der Waals surface area contributed by atoms with Crippen LogP contribution in [0.3, 0.4) is 0 Å². The van der Waals surface area contributed by atoms with Crippen LogP contribution in [0.15, 0.2) is 0 Å². The highest BCUT2D eigenvalue weighted by Crippen LogP contribution is 2.84. The van der Waals surface area contributed by atoms with E-state index in [1.807, 2.05) is 13.8 Å². The van der Waals surface area contributed by atoms with Crippen LogP contribution in [0.1, 0.15) is 33.6 Å². The van der Waals surface area contributed by atoms with Crippen molar-refractivity contribution in [2.75, 3.05) is 6.61 Å². The first-order valence-corrected chi connectivity index (χ1v) is 7.45. The number of aliphatic hydroxyl groups is 1. The molecular formula is C15H18O6. The zero-order chi connectivity index (χ0) is 15.1. The number of carbonyl (C=O) groups is 2. The van der Waals surface area contributed by atoms with E-state index in [-0.39, 0.29) is 25.1 Å². The number of aliphatic hydroxyl groups excluding tert-OH is 1. The molecule has 0 aromatic rings. The number of cyclic esters (lactones) is 1. The van der Waals surface area contributed by atoms with Gasteiger partial charge in [-0.25, -0.2) is 0 Å². The smallest absolute Gasteiger partial charge is 0.315 e. The quantitative estimate of drug-likeness (QED) is 0.506. The highest BCUT2D eigenvalue weighted by Gasteiger charge is 2.98. The van der Waals surface area contributed by atoms with Gasteiger partial charge in [-0.2, -0.15) is 0 Å². The molecule has 2 saturated carbocycles. The zero-order valence-corrected chi connectivity index (χ0v) is 12.3. The van der Waals surface area contributed by atoms with Gasteiger partial charge < -0.3 is 19.3 Å². The summed E-state index contributed by atoms with van der Waals surface area (Å²) in [5.74, 6) is -0.712. The molecular weight excluding hydrogens is 276 g/mol. The molecule has 2 aliphatic carbocycles. The maximum Gasteiger partial charge on any atom is 0.315 e. The molecule has 0 aromatic heterocycles. The Morgan fingerprint density at radius 3 is 2.67 bits per heavy atom. The Bertz CT molecular complexity index is 632. The molecule has 0 amide bonds. The van der Waals surface area contributed by atoms with Gasteiger partial charge in [-0.1, -0.05) is 6.92 Å². The summed E-state index contributed by atoms with van der Waals surface area (Å²) in [5, 5.41) is 11.2. The summed E-state index contributed by atoms with van der Waals surface area (Å²) < 4.78 is 17.0. The van der Waals surface area contributed by atoms with E-state index >= 15 is 0 Å². The van der Waals surface area contributed by atoms with E-state index < -0.39 is 39.5 Å². The minimum absolute atomic E-state index is 0.0164. The molecule has 7 atom stereocenters. The van der Waals surface area contributed by atoms with Crippen molar-refractivity contribution >= 4 is 11.9 Å². The number of fused-ring (bicyclic) bond motifs is 2. The van der Waals surface area contributed by atoms with Crippen molar-refractivity contribution < 1.29 is 28.9 Å². The van der Waals surface area contributed by atoms with Crippen LogP contribution in [0.2, 0.25) is 0 Å². The van der Waals surface area contributed by atoms with Gasteiger partial charge in [0, 0.05) is 6.42 Å². The number of epoxide rings is 1. The van der Waals surface area contributed by atoms with Crippen molar-refractivity contribution in [3.63, 3.8) is 0 Å². The first kappa shape index (κ1) is 12.4. The molecule has 6 nitrogen and oxygen atoms in total. The molecule has 3 saturated heterocycles. The fraction of sp³-hybridized carbons (Fsp3) is 0.867. The van der Waals surface area contributed by atoms with E-state index in [1.54, 1.807) is 6.92 Å². The molecule has 1 N–H and O–H groups in total. The molecule has 5 fully saturated rings. The molecule has 5 rings (SSSR count). The molecule has 0 spiro atoms. The van der Waals surface area contributed by atoms with Crippen molar-refractivity contribution in [2.24, 2.45) is 16.2 Å². The highest BCUT2D eigenvalue weighted by atomic mass is 16.6. The summed E-state index contributed by atoms with van der Waals surface area (Å²) in [7, 11) is 0. The Morgan fingerprint density at radius 1 is 1.24 bits per heavy atom. The van der Waals surface area contributed by atoms with E-state index in [2.05, 4.69) is 0 Å². The van der Waals surface area contributed by atoms with Crippen LogP contribution in [0, 0.1) is 16.2 Å². The lowest BCUT2D eigenvalue weighted by Crippen LogP contribution is -2.56. The highest BCUT2D eigenvalue weighted by molar-refractivity contribution is 5.86. The molecule has 1 unspecified atom stereocenters. The van der Waals surface area contributed by atoms with Gasteiger partial charge in [-0.3, -0.25) is 9.59 Å². The first-order chi connectivity index (χ1) is 9.70. The summed E-state index contributed by atoms with van der Waals surface area (Å²) >= 11 is 0. The minimum Gasteiger partial charge on any atom is -0.464 e. The fourth-order valence-corrected chi connectivity index (χ4v) is 6.24. The standard InChI is InChI=1S/C15H18O6/c1-11-6-19-10(18)12(11,2)9(17)14-5-8(16)21-15(11,14)4-7-13(14,3)20-7/h7,9,17H,4-6H2,1-3H3/t7-,9-,11+,12-,13-,14+,15?/m0/s1. The van der Waals surface area contributed by atoms with Crippen LogP contribution < -0.4 is 0 Å². The molecule has 114 valence electrons. The number of hydrogen-bond donors (Lipinski definition) is 1. The molecule has 6 heteroatoms.